The topological polar surface area (TPSA) is 48.4 Å². The van der Waals surface area contributed by atoms with Crippen LogP contribution in [0.3, 0.4) is 0 Å². The molecule has 2 rings (SSSR count). The molecule has 0 spiro atoms. The molecule has 1 aliphatic rings. The lowest BCUT2D eigenvalue weighted by molar-refractivity contribution is -0.149. The molecule has 1 aromatic rings. The molecule has 17 heavy (non-hydrogen) atoms. The first-order valence-electron chi connectivity index (χ1n) is 5.73. The number of hydrogen-bond donors (Lipinski definition) is 0. The summed E-state index contributed by atoms with van der Waals surface area (Å²) in [6.07, 6.45) is 4.18. The average molecular weight is 235 g/mol. The van der Waals surface area contributed by atoms with Crippen LogP contribution in [-0.4, -0.2) is 31.3 Å². The Hall–Kier alpha value is -1.42. The quantitative estimate of drug-likeness (QED) is 0.743. The molecule has 4 heteroatoms. The van der Waals surface area contributed by atoms with E-state index in [-0.39, 0.29) is 5.97 Å². The lowest BCUT2D eigenvalue weighted by Crippen LogP contribution is -2.41. The number of hydrogen-bond acceptors (Lipinski definition) is 4. The number of aromatic nitrogens is 1. The summed E-state index contributed by atoms with van der Waals surface area (Å²) in [5.74, 6) is 0.219. The zero-order valence-electron chi connectivity index (χ0n) is 10.2. The smallest absolute Gasteiger partial charge is 0.316 e. The lowest BCUT2D eigenvalue weighted by atomic mass is 9.75. The van der Waals surface area contributed by atoms with Crippen molar-refractivity contribution in [2.24, 2.45) is 5.92 Å². The van der Waals surface area contributed by atoms with E-state index in [4.69, 9.17) is 9.47 Å². The summed E-state index contributed by atoms with van der Waals surface area (Å²) < 4.78 is 10.1. The number of carbonyl (C=O) groups is 1. The lowest BCUT2D eigenvalue weighted by Gasteiger charge is -2.35. The zero-order chi connectivity index (χ0) is 12.3. The van der Waals surface area contributed by atoms with Crippen LogP contribution < -0.4 is 0 Å². The minimum atomic E-state index is -0.628. The highest BCUT2D eigenvalue weighted by Gasteiger charge is 2.40. The highest BCUT2D eigenvalue weighted by atomic mass is 16.5. The van der Waals surface area contributed by atoms with Gasteiger partial charge in [0.2, 0.25) is 0 Å². The fraction of sp³-hybridized carbons (Fsp3) is 0.538. The summed E-state index contributed by atoms with van der Waals surface area (Å²) in [5, 5.41) is 0. The molecule has 1 aliphatic heterocycles. The molecule has 1 saturated heterocycles. The van der Waals surface area contributed by atoms with E-state index in [1.54, 1.807) is 12.4 Å². The second kappa shape index (κ2) is 4.84. The summed E-state index contributed by atoms with van der Waals surface area (Å²) in [6, 6.07) is 3.76. The predicted octanol–water partition coefficient (Wildman–Crippen LogP) is 1.55. The molecule has 2 heterocycles. The van der Waals surface area contributed by atoms with Gasteiger partial charge in [-0.3, -0.25) is 9.78 Å². The average Bonchev–Trinajstić information content (AvgIpc) is 2.33. The van der Waals surface area contributed by atoms with Crippen LogP contribution in [0.15, 0.2) is 24.5 Å². The van der Waals surface area contributed by atoms with Gasteiger partial charge in [-0.2, -0.15) is 0 Å². The molecule has 4 nitrogen and oxygen atoms in total. The fourth-order valence-corrected chi connectivity index (χ4v) is 2.21. The van der Waals surface area contributed by atoms with E-state index in [1.807, 2.05) is 19.1 Å². The SMILES string of the molecule is COC(=O)C(C)(CC1COC1)c1cccnc1. The Balaban J connectivity index is 2.25. The van der Waals surface area contributed by atoms with Crippen molar-refractivity contribution >= 4 is 5.97 Å². The third-order valence-corrected chi connectivity index (χ3v) is 3.34. The molecule has 0 bridgehead atoms. The molecule has 1 atom stereocenters. The van der Waals surface area contributed by atoms with Gasteiger partial charge >= 0.3 is 5.97 Å². The van der Waals surface area contributed by atoms with Crippen LogP contribution in [0.1, 0.15) is 18.9 Å². The van der Waals surface area contributed by atoms with E-state index < -0.39 is 5.41 Å². The Kier molecular flexibility index (Phi) is 3.43. The second-order valence-corrected chi connectivity index (χ2v) is 4.67. The van der Waals surface area contributed by atoms with E-state index in [0.29, 0.717) is 5.92 Å². The Morgan fingerprint density at radius 2 is 2.41 bits per heavy atom. The number of nitrogens with zero attached hydrogens (tertiary/aromatic N) is 1. The Morgan fingerprint density at radius 1 is 1.65 bits per heavy atom. The van der Waals surface area contributed by atoms with Crippen molar-refractivity contribution in [1.82, 2.24) is 4.98 Å². The van der Waals surface area contributed by atoms with Crippen molar-refractivity contribution in [2.75, 3.05) is 20.3 Å². The minimum absolute atomic E-state index is 0.211. The monoisotopic (exact) mass is 235 g/mol. The van der Waals surface area contributed by atoms with E-state index in [1.165, 1.54) is 7.11 Å². The van der Waals surface area contributed by atoms with Crippen LogP contribution in [0.2, 0.25) is 0 Å². The summed E-state index contributed by atoms with van der Waals surface area (Å²) in [4.78, 5) is 16.1. The van der Waals surface area contributed by atoms with Gasteiger partial charge in [0.05, 0.1) is 25.7 Å². The molecule has 0 amide bonds. The molecule has 1 fully saturated rings. The van der Waals surface area contributed by atoms with Gasteiger partial charge in [-0.05, 0) is 25.0 Å². The molecule has 1 unspecified atom stereocenters. The Labute approximate surface area is 101 Å². The van der Waals surface area contributed by atoms with Gasteiger partial charge in [0.1, 0.15) is 0 Å². The number of ether oxygens (including phenoxy) is 2. The van der Waals surface area contributed by atoms with Gasteiger partial charge in [0.15, 0.2) is 0 Å². The molecular weight excluding hydrogens is 218 g/mol. The maximum Gasteiger partial charge on any atom is 0.316 e. The molecule has 0 aromatic carbocycles. The maximum absolute atomic E-state index is 12.0. The van der Waals surface area contributed by atoms with Crippen LogP contribution in [0.4, 0.5) is 0 Å². The van der Waals surface area contributed by atoms with Crippen molar-refractivity contribution in [3.63, 3.8) is 0 Å². The normalized spacial score (nSPS) is 19.2. The van der Waals surface area contributed by atoms with Gasteiger partial charge in [-0.25, -0.2) is 0 Å². The second-order valence-electron chi connectivity index (χ2n) is 4.67. The fourth-order valence-electron chi connectivity index (χ4n) is 2.21. The maximum atomic E-state index is 12.0. The number of pyridine rings is 1. The highest BCUT2D eigenvalue weighted by Crippen LogP contribution is 2.34. The van der Waals surface area contributed by atoms with E-state index >= 15 is 0 Å². The van der Waals surface area contributed by atoms with Gasteiger partial charge in [0, 0.05) is 18.3 Å². The van der Waals surface area contributed by atoms with E-state index in [0.717, 1.165) is 25.2 Å². The summed E-state index contributed by atoms with van der Waals surface area (Å²) in [6.45, 7) is 3.37. The zero-order valence-corrected chi connectivity index (χ0v) is 10.2. The van der Waals surface area contributed by atoms with Crippen molar-refractivity contribution in [3.05, 3.63) is 30.1 Å². The number of esters is 1. The molecule has 92 valence electrons. The summed E-state index contributed by atoms with van der Waals surface area (Å²) >= 11 is 0. The molecule has 0 N–H and O–H groups in total. The Morgan fingerprint density at radius 3 is 2.88 bits per heavy atom. The minimum Gasteiger partial charge on any atom is -0.468 e. The summed E-state index contributed by atoms with van der Waals surface area (Å²) in [7, 11) is 1.42. The van der Waals surface area contributed by atoms with Crippen LogP contribution >= 0.6 is 0 Å². The van der Waals surface area contributed by atoms with E-state index in [9.17, 15) is 4.79 Å². The number of methoxy groups -OCH3 is 1. The molecule has 0 aliphatic carbocycles. The van der Waals surface area contributed by atoms with Crippen molar-refractivity contribution in [1.29, 1.82) is 0 Å². The van der Waals surface area contributed by atoms with Gasteiger partial charge in [0.25, 0.3) is 0 Å². The van der Waals surface area contributed by atoms with Crippen molar-refractivity contribution in [3.8, 4) is 0 Å². The molecular formula is C13H17NO3. The first-order valence-corrected chi connectivity index (χ1v) is 5.73. The largest absolute Gasteiger partial charge is 0.468 e. The first-order chi connectivity index (χ1) is 8.16. The summed E-state index contributed by atoms with van der Waals surface area (Å²) in [5.41, 5.74) is 0.274. The van der Waals surface area contributed by atoms with Gasteiger partial charge < -0.3 is 9.47 Å². The predicted molar refractivity (Wildman–Crippen MR) is 62.5 cm³/mol. The van der Waals surface area contributed by atoms with Crippen LogP contribution in [0.25, 0.3) is 0 Å². The number of rotatable bonds is 4. The van der Waals surface area contributed by atoms with Crippen molar-refractivity contribution in [2.45, 2.75) is 18.8 Å². The number of carbonyl (C=O) groups excluding carboxylic acids is 1. The van der Waals surface area contributed by atoms with Crippen LogP contribution in [0.5, 0.6) is 0 Å². The molecule has 0 saturated carbocycles. The third-order valence-electron chi connectivity index (χ3n) is 3.34. The van der Waals surface area contributed by atoms with Crippen LogP contribution in [0, 0.1) is 5.92 Å². The molecule has 0 radical (unpaired) electrons. The molecule has 1 aromatic heterocycles. The first kappa shape index (κ1) is 12.0. The standard InChI is InChI=1S/C13H17NO3/c1-13(12(15)16-2,6-10-8-17-9-10)11-4-3-5-14-7-11/h3-5,7,10H,6,8-9H2,1-2H3. The van der Waals surface area contributed by atoms with Crippen molar-refractivity contribution < 1.29 is 14.3 Å². The van der Waals surface area contributed by atoms with Crippen LogP contribution in [-0.2, 0) is 19.7 Å². The Bertz CT molecular complexity index is 389. The highest BCUT2D eigenvalue weighted by molar-refractivity contribution is 5.82. The third kappa shape index (κ3) is 2.31. The van der Waals surface area contributed by atoms with Gasteiger partial charge in [-0.1, -0.05) is 6.07 Å². The van der Waals surface area contributed by atoms with Gasteiger partial charge in [-0.15, -0.1) is 0 Å². The van der Waals surface area contributed by atoms with E-state index in [2.05, 4.69) is 4.98 Å².